The molecule has 0 spiro atoms. The zero-order valence-electron chi connectivity index (χ0n) is 17.6. The van der Waals surface area contributed by atoms with Crippen molar-refractivity contribution in [2.45, 2.75) is 32.3 Å². The number of carbonyl (C=O) groups excluding carboxylic acids is 1. The molecule has 3 unspecified atom stereocenters. The van der Waals surface area contributed by atoms with Crippen LogP contribution in [0.25, 0.3) is 22.1 Å². The number of carbonyl (C=O) groups is 1. The number of methoxy groups -OCH3 is 1. The topological polar surface area (TPSA) is 93.4 Å². The van der Waals surface area contributed by atoms with E-state index >= 15 is 0 Å². The zero-order valence-corrected chi connectivity index (χ0v) is 17.6. The fraction of sp³-hybridized carbons (Fsp3) is 0.250. The van der Waals surface area contributed by atoms with Crippen LogP contribution in [0.2, 0.25) is 0 Å². The minimum Gasteiger partial charge on any atom is -0.494 e. The molecule has 0 amide bonds. The lowest BCUT2D eigenvalue weighted by Crippen LogP contribution is -2.45. The highest BCUT2D eigenvalue weighted by molar-refractivity contribution is 5.87. The maximum atomic E-state index is 12.7. The smallest absolute Gasteiger partial charge is 0.494 e. The molecule has 0 bridgehead atoms. The Labute approximate surface area is 182 Å². The first kappa shape index (κ1) is 20.0. The van der Waals surface area contributed by atoms with Crippen molar-refractivity contribution in [3.8, 4) is 16.9 Å². The fourth-order valence-electron chi connectivity index (χ4n) is 4.11. The molecular formula is C24H20O8. The highest BCUT2D eigenvalue weighted by atomic mass is 16.8. The van der Waals surface area contributed by atoms with Crippen molar-refractivity contribution in [2.75, 3.05) is 7.11 Å². The molecule has 3 aromatic rings. The number of rotatable bonds is 4. The van der Waals surface area contributed by atoms with Gasteiger partial charge in [0.1, 0.15) is 17.1 Å². The lowest BCUT2D eigenvalue weighted by Gasteiger charge is -2.32. The van der Waals surface area contributed by atoms with Crippen molar-refractivity contribution in [1.29, 1.82) is 0 Å². The first-order chi connectivity index (χ1) is 15.5. The summed E-state index contributed by atoms with van der Waals surface area (Å²) in [7, 11) is 1.46. The summed E-state index contributed by atoms with van der Waals surface area (Å²) in [5.74, 6) is 1.18. The molecular weight excluding hydrogens is 416 g/mol. The second kappa shape index (κ2) is 7.64. The molecule has 5 rings (SSSR count). The third kappa shape index (κ3) is 3.24. The molecule has 164 valence electrons. The molecule has 32 heavy (non-hydrogen) atoms. The number of allylic oxidation sites excluding steroid dienone is 1. The van der Waals surface area contributed by atoms with Crippen molar-refractivity contribution in [3.05, 3.63) is 76.0 Å². The van der Waals surface area contributed by atoms with Gasteiger partial charge < -0.3 is 28.1 Å². The van der Waals surface area contributed by atoms with Gasteiger partial charge in [0.2, 0.25) is 12.2 Å². The van der Waals surface area contributed by atoms with Gasteiger partial charge in [0.25, 0.3) is 6.29 Å². The van der Waals surface area contributed by atoms with Crippen molar-refractivity contribution in [2.24, 2.45) is 0 Å². The largest absolute Gasteiger partial charge is 0.509 e. The molecule has 0 aliphatic carbocycles. The number of aryl methyl sites for hydroxylation is 1. The number of benzene rings is 2. The third-order valence-corrected chi connectivity index (χ3v) is 5.59. The van der Waals surface area contributed by atoms with Crippen LogP contribution in [-0.2, 0) is 18.9 Å². The predicted octanol–water partition coefficient (Wildman–Crippen LogP) is 4.29. The Balaban J connectivity index is 1.49. The van der Waals surface area contributed by atoms with Gasteiger partial charge in [-0.3, -0.25) is 0 Å². The summed E-state index contributed by atoms with van der Waals surface area (Å²) in [4.78, 5) is 24.4. The minimum absolute atomic E-state index is 0.370. The standard InChI is InChI=1S/C24H20O8/c1-12-16-10-9-15(11-17(16)30-22(25)18(12)14-7-5-4-6-8-14)29-23-21-20(31-24(26)32-21)19(27-3)13(2)28-23/h4-11,20-21,23H,1-3H3. The monoisotopic (exact) mass is 436 g/mol. The Kier molecular flexibility index (Phi) is 4.77. The highest BCUT2D eigenvalue weighted by Gasteiger charge is 2.51. The first-order valence-electron chi connectivity index (χ1n) is 10.0. The molecule has 2 aromatic carbocycles. The van der Waals surface area contributed by atoms with Crippen LogP contribution >= 0.6 is 0 Å². The Morgan fingerprint density at radius 1 is 0.938 bits per heavy atom. The molecule has 2 aliphatic rings. The molecule has 0 radical (unpaired) electrons. The van der Waals surface area contributed by atoms with Crippen LogP contribution in [0.15, 0.2) is 69.3 Å². The van der Waals surface area contributed by atoms with Gasteiger partial charge in [-0.15, -0.1) is 0 Å². The average Bonchev–Trinajstić information content (AvgIpc) is 3.16. The first-order valence-corrected chi connectivity index (χ1v) is 10.0. The summed E-state index contributed by atoms with van der Waals surface area (Å²) >= 11 is 0. The van der Waals surface area contributed by atoms with E-state index in [0.29, 0.717) is 28.4 Å². The number of hydrogen-bond donors (Lipinski definition) is 0. The lowest BCUT2D eigenvalue weighted by atomic mass is 10.00. The number of fused-ring (bicyclic) bond motifs is 2. The van der Waals surface area contributed by atoms with Crippen LogP contribution in [-0.4, -0.2) is 31.8 Å². The molecule has 1 saturated heterocycles. The molecule has 1 fully saturated rings. The summed E-state index contributed by atoms with van der Waals surface area (Å²) in [5, 5.41) is 0.784. The Morgan fingerprint density at radius 3 is 2.47 bits per heavy atom. The van der Waals surface area contributed by atoms with E-state index in [1.165, 1.54) is 7.11 Å². The second-order valence-electron chi connectivity index (χ2n) is 7.51. The second-order valence-corrected chi connectivity index (χ2v) is 7.51. The highest BCUT2D eigenvalue weighted by Crippen LogP contribution is 2.36. The van der Waals surface area contributed by atoms with Gasteiger partial charge in [-0.05, 0) is 37.1 Å². The summed E-state index contributed by atoms with van der Waals surface area (Å²) in [6.45, 7) is 3.57. The summed E-state index contributed by atoms with van der Waals surface area (Å²) < 4.78 is 33.0. The Bertz CT molecular complexity index is 1290. The van der Waals surface area contributed by atoms with Crippen LogP contribution in [0, 0.1) is 6.92 Å². The SMILES string of the molecule is COC1=C(C)OC(Oc2ccc3c(C)c(-c4ccccc4)c(=O)oc3c2)C2OC(=O)OC12. The van der Waals surface area contributed by atoms with Crippen LogP contribution in [0.4, 0.5) is 4.79 Å². The van der Waals surface area contributed by atoms with E-state index in [1.807, 2.05) is 43.3 Å². The van der Waals surface area contributed by atoms with E-state index in [2.05, 4.69) is 0 Å². The molecule has 1 aromatic heterocycles. The lowest BCUT2D eigenvalue weighted by molar-refractivity contribution is -0.140. The maximum absolute atomic E-state index is 12.7. The van der Waals surface area contributed by atoms with Gasteiger partial charge in [-0.1, -0.05) is 30.3 Å². The van der Waals surface area contributed by atoms with Gasteiger partial charge >= 0.3 is 11.8 Å². The predicted molar refractivity (Wildman–Crippen MR) is 113 cm³/mol. The van der Waals surface area contributed by atoms with Gasteiger partial charge in [-0.2, -0.15) is 0 Å². The van der Waals surface area contributed by atoms with Crippen LogP contribution in [0.3, 0.4) is 0 Å². The van der Waals surface area contributed by atoms with E-state index < -0.39 is 30.3 Å². The van der Waals surface area contributed by atoms with E-state index in [9.17, 15) is 9.59 Å². The van der Waals surface area contributed by atoms with Gasteiger partial charge in [0.05, 0.1) is 12.7 Å². The van der Waals surface area contributed by atoms with Crippen molar-refractivity contribution >= 4 is 17.1 Å². The summed E-state index contributed by atoms with van der Waals surface area (Å²) in [6, 6.07) is 14.5. The Morgan fingerprint density at radius 2 is 1.72 bits per heavy atom. The molecule has 3 heterocycles. The van der Waals surface area contributed by atoms with Gasteiger partial charge in [-0.25, -0.2) is 9.59 Å². The van der Waals surface area contributed by atoms with Crippen LogP contribution < -0.4 is 10.4 Å². The number of hydrogen-bond acceptors (Lipinski definition) is 8. The van der Waals surface area contributed by atoms with Gasteiger partial charge in [0.15, 0.2) is 5.76 Å². The van der Waals surface area contributed by atoms with E-state index in [0.717, 1.165) is 16.5 Å². The van der Waals surface area contributed by atoms with Crippen molar-refractivity contribution in [1.82, 2.24) is 0 Å². The molecule has 0 N–H and O–H groups in total. The van der Waals surface area contributed by atoms with Crippen LogP contribution in [0.5, 0.6) is 5.75 Å². The third-order valence-electron chi connectivity index (χ3n) is 5.59. The molecule has 2 aliphatic heterocycles. The maximum Gasteiger partial charge on any atom is 0.509 e. The normalized spacial score (nSPS) is 22.1. The fourth-order valence-corrected chi connectivity index (χ4v) is 4.11. The quantitative estimate of drug-likeness (QED) is 0.442. The van der Waals surface area contributed by atoms with Gasteiger partial charge in [0, 0.05) is 11.5 Å². The average molecular weight is 436 g/mol. The molecule has 3 atom stereocenters. The number of ether oxygens (including phenoxy) is 5. The van der Waals surface area contributed by atoms with Crippen LogP contribution in [0.1, 0.15) is 12.5 Å². The summed E-state index contributed by atoms with van der Waals surface area (Å²) in [5.41, 5.74) is 2.06. The summed E-state index contributed by atoms with van der Waals surface area (Å²) in [6.07, 6.45) is -3.39. The molecule has 8 heteroatoms. The van der Waals surface area contributed by atoms with Crippen molar-refractivity contribution in [3.63, 3.8) is 0 Å². The molecule has 0 saturated carbocycles. The van der Waals surface area contributed by atoms with Crippen molar-refractivity contribution < 1.29 is 32.9 Å². The zero-order chi connectivity index (χ0) is 22.4. The van der Waals surface area contributed by atoms with E-state index in [1.54, 1.807) is 19.1 Å². The Hall–Kier alpha value is -3.94. The van der Waals surface area contributed by atoms with E-state index in [4.69, 9.17) is 28.1 Å². The van der Waals surface area contributed by atoms with E-state index in [-0.39, 0.29) is 0 Å². The minimum atomic E-state index is -0.959. The molecule has 8 nitrogen and oxygen atoms in total.